The molecule has 1 N–H and O–H groups in total. The largest absolute Gasteiger partial charge is 0.273 e. The lowest BCUT2D eigenvalue weighted by Crippen LogP contribution is -2.27. The number of nitrogens with one attached hydrogen (secondary N) is 1. The lowest BCUT2D eigenvalue weighted by Gasteiger charge is -2.14. The van der Waals surface area contributed by atoms with Crippen LogP contribution in [0.2, 0.25) is 0 Å². The fourth-order valence-corrected chi connectivity index (χ4v) is 3.43. The molecule has 114 valence electrons. The highest BCUT2D eigenvalue weighted by molar-refractivity contribution is 9.10. The zero-order chi connectivity index (χ0) is 15.8. The molecule has 1 aromatic heterocycles. The van der Waals surface area contributed by atoms with Crippen molar-refractivity contribution < 1.29 is 12.8 Å². The molecule has 0 saturated heterocycles. The molecule has 0 fully saturated rings. The van der Waals surface area contributed by atoms with Crippen molar-refractivity contribution in [3.8, 4) is 0 Å². The molecule has 0 aliphatic carbocycles. The van der Waals surface area contributed by atoms with Gasteiger partial charge in [0.05, 0.1) is 15.6 Å². The Morgan fingerprint density at radius 3 is 2.62 bits per heavy atom. The van der Waals surface area contributed by atoms with Crippen LogP contribution in [-0.4, -0.2) is 18.2 Å². The molecule has 0 amide bonds. The van der Waals surface area contributed by atoms with Crippen molar-refractivity contribution >= 4 is 26.0 Å². The first-order valence-corrected chi connectivity index (χ1v) is 8.46. The Hall–Kier alpha value is -1.25. The Morgan fingerprint density at radius 1 is 1.43 bits per heavy atom. The molecule has 2 rings (SSSR count). The van der Waals surface area contributed by atoms with Crippen molar-refractivity contribution in [3.63, 3.8) is 0 Å². The summed E-state index contributed by atoms with van der Waals surface area (Å²) in [6.45, 7) is 3.57. The first-order valence-electron chi connectivity index (χ1n) is 6.18. The third kappa shape index (κ3) is 3.33. The van der Waals surface area contributed by atoms with Crippen molar-refractivity contribution in [1.82, 2.24) is 14.5 Å². The molecule has 1 atom stereocenters. The van der Waals surface area contributed by atoms with Crippen LogP contribution in [0.4, 0.5) is 4.39 Å². The normalized spacial score (nSPS) is 13.4. The van der Waals surface area contributed by atoms with Gasteiger partial charge in [0, 0.05) is 24.3 Å². The van der Waals surface area contributed by atoms with Gasteiger partial charge in [-0.15, -0.1) is 0 Å². The van der Waals surface area contributed by atoms with E-state index in [9.17, 15) is 12.8 Å². The topological polar surface area (TPSA) is 64.0 Å². The highest BCUT2D eigenvalue weighted by Crippen LogP contribution is 2.22. The van der Waals surface area contributed by atoms with Crippen LogP contribution in [0.15, 0.2) is 33.8 Å². The van der Waals surface area contributed by atoms with E-state index in [2.05, 4.69) is 25.8 Å². The second-order valence-corrected chi connectivity index (χ2v) is 7.30. The van der Waals surface area contributed by atoms with Crippen LogP contribution in [0.25, 0.3) is 0 Å². The fourth-order valence-electron chi connectivity index (χ4n) is 1.95. The molecule has 1 aromatic carbocycles. The summed E-state index contributed by atoms with van der Waals surface area (Å²) in [6, 6.07) is 3.23. The third-order valence-corrected chi connectivity index (χ3v) is 5.45. The summed E-state index contributed by atoms with van der Waals surface area (Å²) in [7, 11) is -2.02. The summed E-state index contributed by atoms with van der Waals surface area (Å²) < 4.78 is 42.5. The number of aryl methyl sites for hydroxylation is 1. The molecule has 1 heterocycles. The maximum Gasteiger partial charge on any atom is 0.241 e. The first kappa shape index (κ1) is 16.1. The molecular formula is C13H15BrFN3O2S. The lowest BCUT2D eigenvalue weighted by molar-refractivity contribution is 0.562. The highest BCUT2D eigenvalue weighted by atomic mass is 79.9. The Bertz CT molecular complexity index is 774. The van der Waals surface area contributed by atoms with E-state index in [0.717, 1.165) is 17.3 Å². The molecule has 0 aliphatic heterocycles. The van der Waals surface area contributed by atoms with Crippen LogP contribution in [0.3, 0.4) is 0 Å². The second kappa shape index (κ2) is 5.86. The van der Waals surface area contributed by atoms with Gasteiger partial charge in [0.25, 0.3) is 0 Å². The van der Waals surface area contributed by atoms with Gasteiger partial charge >= 0.3 is 0 Å². The number of halogens is 2. The van der Waals surface area contributed by atoms with Gasteiger partial charge in [0.15, 0.2) is 0 Å². The smallest absolute Gasteiger partial charge is 0.241 e. The van der Waals surface area contributed by atoms with E-state index in [1.54, 1.807) is 24.9 Å². The summed E-state index contributed by atoms with van der Waals surface area (Å²) >= 11 is 2.99. The Morgan fingerprint density at radius 2 is 2.10 bits per heavy atom. The van der Waals surface area contributed by atoms with Crippen molar-refractivity contribution in [1.29, 1.82) is 0 Å². The number of aromatic nitrogens is 2. The molecular weight excluding hydrogens is 361 g/mol. The van der Waals surface area contributed by atoms with Crippen molar-refractivity contribution in [2.75, 3.05) is 0 Å². The average molecular weight is 376 g/mol. The third-order valence-electron chi connectivity index (χ3n) is 3.27. The van der Waals surface area contributed by atoms with Gasteiger partial charge in [-0.2, -0.15) is 5.10 Å². The summed E-state index contributed by atoms with van der Waals surface area (Å²) in [5, 5.41) is 4.08. The predicted molar refractivity (Wildman–Crippen MR) is 80.8 cm³/mol. The van der Waals surface area contributed by atoms with Crippen LogP contribution >= 0.6 is 15.9 Å². The van der Waals surface area contributed by atoms with E-state index >= 15 is 0 Å². The molecule has 0 bridgehead atoms. The average Bonchev–Trinajstić information content (AvgIpc) is 2.72. The number of benzene rings is 1. The SMILES string of the molecule is Cc1c(C(C)NS(=O)(=O)c2ccc(Br)c(F)c2)cnn1C. The Kier molecular flexibility index (Phi) is 4.50. The van der Waals surface area contributed by atoms with Gasteiger partial charge < -0.3 is 0 Å². The van der Waals surface area contributed by atoms with E-state index in [1.165, 1.54) is 12.1 Å². The molecule has 0 saturated carbocycles. The number of rotatable bonds is 4. The lowest BCUT2D eigenvalue weighted by atomic mass is 10.1. The van der Waals surface area contributed by atoms with Crippen molar-refractivity contribution in [3.05, 3.63) is 45.9 Å². The van der Waals surface area contributed by atoms with Crippen LogP contribution in [-0.2, 0) is 17.1 Å². The zero-order valence-electron chi connectivity index (χ0n) is 11.8. The molecule has 21 heavy (non-hydrogen) atoms. The molecule has 0 aliphatic rings. The molecule has 1 unspecified atom stereocenters. The minimum Gasteiger partial charge on any atom is -0.273 e. The van der Waals surface area contributed by atoms with Crippen LogP contribution in [0.1, 0.15) is 24.2 Å². The van der Waals surface area contributed by atoms with Crippen LogP contribution in [0.5, 0.6) is 0 Å². The monoisotopic (exact) mass is 375 g/mol. The Balaban J connectivity index is 2.28. The van der Waals surface area contributed by atoms with Gasteiger partial charge in [-0.25, -0.2) is 17.5 Å². The zero-order valence-corrected chi connectivity index (χ0v) is 14.2. The van der Waals surface area contributed by atoms with Gasteiger partial charge in [-0.1, -0.05) is 0 Å². The van der Waals surface area contributed by atoms with E-state index in [-0.39, 0.29) is 9.37 Å². The number of sulfonamides is 1. The van der Waals surface area contributed by atoms with Crippen molar-refractivity contribution in [2.45, 2.75) is 24.8 Å². The van der Waals surface area contributed by atoms with E-state index in [0.29, 0.717) is 0 Å². The predicted octanol–water partition coefficient (Wildman–Crippen LogP) is 2.67. The van der Waals surface area contributed by atoms with Gasteiger partial charge in [-0.3, -0.25) is 4.68 Å². The number of hydrogen-bond donors (Lipinski definition) is 1. The van der Waals surface area contributed by atoms with Gasteiger partial charge in [-0.05, 0) is 48.0 Å². The van der Waals surface area contributed by atoms with Crippen LogP contribution < -0.4 is 4.72 Å². The summed E-state index contributed by atoms with van der Waals surface area (Å²) in [4.78, 5) is -0.114. The van der Waals surface area contributed by atoms with Crippen molar-refractivity contribution in [2.24, 2.45) is 7.05 Å². The molecule has 2 aromatic rings. The van der Waals surface area contributed by atoms with Gasteiger partial charge in [0.2, 0.25) is 10.0 Å². The maximum atomic E-state index is 13.5. The minimum absolute atomic E-state index is 0.114. The number of nitrogens with zero attached hydrogens (tertiary/aromatic N) is 2. The number of hydrogen-bond acceptors (Lipinski definition) is 3. The molecule has 0 radical (unpaired) electrons. The highest BCUT2D eigenvalue weighted by Gasteiger charge is 2.21. The fraction of sp³-hybridized carbons (Fsp3) is 0.308. The molecule has 5 nitrogen and oxygen atoms in total. The first-order chi connectivity index (χ1) is 9.72. The molecule has 0 spiro atoms. The van der Waals surface area contributed by atoms with E-state index in [4.69, 9.17) is 0 Å². The standard InChI is InChI=1S/C13H15BrFN3O2S/c1-8(11-7-16-18(3)9(11)2)17-21(19,20)10-4-5-12(14)13(15)6-10/h4-8,17H,1-3H3. The van der Waals surface area contributed by atoms with Gasteiger partial charge in [0.1, 0.15) is 5.82 Å². The van der Waals surface area contributed by atoms with E-state index < -0.39 is 21.9 Å². The maximum absolute atomic E-state index is 13.5. The summed E-state index contributed by atoms with van der Waals surface area (Å²) in [6.07, 6.45) is 1.62. The second-order valence-electron chi connectivity index (χ2n) is 4.73. The Labute approximate surface area is 131 Å². The quantitative estimate of drug-likeness (QED) is 0.893. The summed E-state index contributed by atoms with van der Waals surface area (Å²) in [5.74, 6) is -0.622. The minimum atomic E-state index is -3.80. The van der Waals surface area contributed by atoms with Crippen LogP contribution in [0, 0.1) is 12.7 Å². The molecule has 8 heteroatoms. The summed E-state index contributed by atoms with van der Waals surface area (Å²) in [5.41, 5.74) is 1.64. The van der Waals surface area contributed by atoms with E-state index in [1.807, 2.05) is 6.92 Å².